The molecule has 16 heavy (non-hydrogen) atoms. The van der Waals surface area contributed by atoms with Gasteiger partial charge in [-0.3, -0.25) is 4.68 Å². The number of hydrogen-bond donors (Lipinski definition) is 0. The average molecular weight is 234 g/mol. The van der Waals surface area contributed by atoms with Crippen LogP contribution in [0.5, 0.6) is 0 Å². The van der Waals surface area contributed by atoms with E-state index in [1.54, 1.807) is 0 Å². The molecule has 0 radical (unpaired) electrons. The predicted octanol–water partition coefficient (Wildman–Crippen LogP) is 3.73. The van der Waals surface area contributed by atoms with Gasteiger partial charge in [0.1, 0.15) is 5.69 Å². The van der Waals surface area contributed by atoms with Crippen LogP contribution in [0.1, 0.15) is 50.3 Å². The maximum atomic E-state index is 12.8. The van der Waals surface area contributed by atoms with Gasteiger partial charge in [-0.15, -0.1) is 0 Å². The number of nitrogens with zero attached hydrogens (tertiary/aromatic N) is 2. The molecule has 1 rings (SSSR count). The Kier molecular flexibility index (Phi) is 3.99. The van der Waals surface area contributed by atoms with Gasteiger partial charge >= 0.3 is 6.18 Å². The van der Waals surface area contributed by atoms with Crippen LogP contribution in [-0.2, 0) is 13.2 Å². The molecule has 0 bridgehead atoms. The van der Waals surface area contributed by atoms with Gasteiger partial charge in [0.25, 0.3) is 0 Å². The summed E-state index contributed by atoms with van der Waals surface area (Å²) in [6.07, 6.45) is -0.604. The van der Waals surface area contributed by atoms with E-state index in [9.17, 15) is 13.2 Å². The molecule has 0 saturated heterocycles. The molecule has 0 aromatic carbocycles. The number of aromatic nitrogens is 2. The molecule has 0 aliphatic heterocycles. The van der Waals surface area contributed by atoms with Crippen LogP contribution >= 0.6 is 0 Å². The van der Waals surface area contributed by atoms with Crippen LogP contribution in [0, 0.1) is 0 Å². The first-order chi connectivity index (χ1) is 7.41. The molecular weight excluding hydrogens is 217 g/mol. The van der Waals surface area contributed by atoms with E-state index in [4.69, 9.17) is 0 Å². The minimum atomic E-state index is -4.32. The summed E-state index contributed by atoms with van der Waals surface area (Å²) >= 11 is 0. The summed E-state index contributed by atoms with van der Waals surface area (Å²) in [5.41, 5.74) is -0.271. The fourth-order valence-corrected chi connectivity index (χ4v) is 2.03. The van der Waals surface area contributed by atoms with Gasteiger partial charge in [0, 0.05) is 12.6 Å². The van der Waals surface area contributed by atoms with Crippen molar-refractivity contribution in [3.05, 3.63) is 17.5 Å². The lowest BCUT2D eigenvalue weighted by atomic mass is 9.92. The summed E-state index contributed by atoms with van der Waals surface area (Å²) in [7, 11) is 1.34. The maximum absolute atomic E-state index is 12.8. The fourth-order valence-electron chi connectivity index (χ4n) is 2.03. The van der Waals surface area contributed by atoms with Crippen LogP contribution in [0.3, 0.4) is 0 Å². The molecule has 92 valence electrons. The molecule has 0 spiro atoms. The molecule has 5 heteroatoms. The second-order valence-electron chi connectivity index (χ2n) is 3.96. The lowest BCUT2D eigenvalue weighted by Gasteiger charge is -2.16. The van der Waals surface area contributed by atoms with E-state index in [2.05, 4.69) is 5.10 Å². The molecule has 1 atom stereocenters. The molecule has 1 aromatic heterocycles. The van der Waals surface area contributed by atoms with Crippen molar-refractivity contribution < 1.29 is 13.2 Å². The molecule has 0 saturated carbocycles. The van der Waals surface area contributed by atoms with E-state index in [0.717, 1.165) is 17.5 Å². The van der Waals surface area contributed by atoms with Crippen LogP contribution in [0.25, 0.3) is 0 Å². The Morgan fingerprint density at radius 2 is 2.00 bits per heavy atom. The molecule has 0 amide bonds. The van der Waals surface area contributed by atoms with Crippen molar-refractivity contribution in [2.75, 3.05) is 0 Å². The summed E-state index contributed by atoms with van der Waals surface area (Å²) in [6, 6.07) is 0. The summed E-state index contributed by atoms with van der Waals surface area (Å²) < 4.78 is 39.4. The van der Waals surface area contributed by atoms with Gasteiger partial charge < -0.3 is 0 Å². The predicted molar refractivity (Wildman–Crippen MR) is 56.2 cm³/mol. The molecule has 0 aliphatic carbocycles. The number of aryl methyl sites for hydroxylation is 1. The Morgan fingerprint density at radius 1 is 1.38 bits per heavy atom. The summed E-state index contributed by atoms with van der Waals surface area (Å²) in [6.45, 7) is 3.89. The molecule has 2 nitrogen and oxygen atoms in total. The van der Waals surface area contributed by atoms with Crippen molar-refractivity contribution >= 4 is 0 Å². The van der Waals surface area contributed by atoms with Crippen molar-refractivity contribution in [3.8, 4) is 0 Å². The highest BCUT2D eigenvalue weighted by Crippen LogP contribution is 2.37. The smallest absolute Gasteiger partial charge is 0.263 e. The van der Waals surface area contributed by atoms with Crippen LogP contribution in [0.2, 0.25) is 0 Å². The van der Waals surface area contributed by atoms with Crippen molar-refractivity contribution in [1.82, 2.24) is 9.78 Å². The Hall–Kier alpha value is -1.00. The van der Waals surface area contributed by atoms with Crippen LogP contribution in [0.15, 0.2) is 6.20 Å². The van der Waals surface area contributed by atoms with Crippen molar-refractivity contribution in [2.24, 2.45) is 7.05 Å². The number of rotatable bonds is 4. The number of alkyl halides is 3. The van der Waals surface area contributed by atoms with E-state index in [0.29, 0.717) is 12.0 Å². The first-order valence-electron chi connectivity index (χ1n) is 5.50. The minimum absolute atomic E-state index is 0.0460. The lowest BCUT2D eigenvalue weighted by Crippen LogP contribution is -2.15. The van der Waals surface area contributed by atoms with Gasteiger partial charge in [-0.1, -0.05) is 20.3 Å². The van der Waals surface area contributed by atoms with Gasteiger partial charge in [0.15, 0.2) is 0 Å². The molecular formula is C11H17F3N2. The number of halogens is 3. The quantitative estimate of drug-likeness (QED) is 0.776. The third-order valence-corrected chi connectivity index (χ3v) is 2.81. The van der Waals surface area contributed by atoms with Crippen LogP contribution in [0.4, 0.5) is 13.2 Å². The third-order valence-electron chi connectivity index (χ3n) is 2.81. The highest BCUT2D eigenvalue weighted by atomic mass is 19.4. The standard InChI is InChI=1S/C11H17F3N2/c1-4-6-8(5-2)9-7-15-16(3)10(9)11(12,13)14/h7-8H,4-6H2,1-3H3. The van der Waals surface area contributed by atoms with Crippen LogP contribution in [-0.4, -0.2) is 9.78 Å². The Labute approximate surface area is 93.5 Å². The summed E-state index contributed by atoms with van der Waals surface area (Å²) in [5.74, 6) is -0.0460. The van der Waals surface area contributed by atoms with Crippen molar-refractivity contribution in [2.45, 2.75) is 45.2 Å². The first kappa shape index (κ1) is 13.1. The van der Waals surface area contributed by atoms with Gasteiger partial charge in [-0.05, 0) is 18.8 Å². The van der Waals surface area contributed by atoms with Gasteiger partial charge in [0.05, 0.1) is 6.20 Å². The van der Waals surface area contributed by atoms with Crippen molar-refractivity contribution in [1.29, 1.82) is 0 Å². The first-order valence-corrected chi connectivity index (χ1v) is 5.50. The Morgan fingerprint density at radius 3 is 2.44 bits per heavy atom. The summed E-state index contributed by atoms with van der Waals surface area (Å²) in [5, 5.41) is 3.73. The lowest BCUT2D eigenvalue weighted by molar-refractivity contribution is -0.144. The van der Waals surface area contributed by atoms with Gasteiger partial charge in [-0.25, -0.2) is 0 Å². The highest BCUT2D eigenvalue weighted by Gasteiger charge is 2.38. The second kappa shape index (κ2) is 4.89. The summed E-state index contributed by atoms with van der Waals surface area (Å²) in [4.78, 5) is 0. The van der Waals surface area contributed by atoms with E-state index >= 15 is 0 Å². The normalized spacial score (nSPS) is 14.1. The number of hydrogen-bond acceptors (Lipinski definition) is 1. The van der Waals surface area contributed by atoms with E-state index in [1.165, 1.54) is 13.2 Å². The monoisotopic (exact) mass is 234 g/mol. The Balaban J connectivity index is 3.13. The highest BCUT2D eigenvalue weighted by molar-refractivity contribution is 5.25. The topological polar surface area (TPSA) is 17.8 Å². The zero-order chi connectivity index (χ0) is 12.3. The van der Waals surface area contributed by atoms with E-state index < -0.39 is 11.9 Å². The van der Waals surface area contributed by atoms with Gasteiger partial charge in [0.2, 0.25) is 0 Å². The van der Waals surface area contributed by atoms with E-state index in [1.807, 2.05) is 13.8 Å². The minimum Gasteiger partial charge on any atom is -0.263 e. The average Bonchev–Trinajstić information content (AvgIpc) is 2.55. The third kappa shape index (κ3) is 2.57. The van der Waals surface area contributed by atoms with Crippen molar-refractivity contribution in [3.63, 3.8) is 0 Å². The van der Waals surface area contributed by atoms with Crippen LogP contribution < -0.4 is 0 Å². The molecule has 1 heterocycles. The molecule has 0 aliphatic rings. The molecule has 0 fully saturated rings. The SMILES string of the molecule is CCCC(CC)c1cnn(C)c1C(F)(F)F. The molecule has 0 N–H and O–H groups in total. The zero-order valence-corrected chi connectivity index (χ0v) is 9.80. The maximum Gasteiger partial charge on any atom is 0.433 e. The zero-order valence-electron chi connectivity index (χ0n) is 9.80. The molecule has 1 aromatic rings. The van der Waals surface area contributed by atoms with Gasteiger partial charge in [-0.2, -0.15) is 18.3 Å². The van der Waals surface area contributed by atoms with E-state index in [-0.39, 0.29) is 5.92 Å². The molecule has 1 unspecified atom stereocenters. The second-order valence-corrected chi connectivity index (χ2v) is 3.96. The largest absolute Gasteiger partial charge is 0.433 e. The Bertz CT molecular complexity index is 341. The fraction of sp³-hybridized carbons (Fsp3) is 0.727.